The van der Waals surface area contributed by atoms with Crippen LogP contribution in [0.4, 0.5) is 0 Å². The summed E-state index contributed by atoms with van der Waals surface area (Å²) < 4.78 is 0. The molecule has 2 aromatic carbocycles. The van der Waals surface area contributed by atoms with E-state index in [9.17, 15) is 9.90 Å². The standard InChI is InChI=1S/C19H13BN2O2/c1-10-3-2-4-12(9-10)17-15-14(18(23)22-17)16(21-19(15)24)11-5-7-13(20)8-6-11/h2-9,22-23H,1H3. The van der Waals surface area contributed by atoms with Crippen LogP contribution in [0.1, 0.15) is 27.0 Å². The minimum atomic E-state index is -0.357. The minimum Gasteiger partial charge on any atom is -0.494 e. The Morgan fingerprint density at radius 3 is 2.50 bits per heavy atom. The number of aromatic nitrogens is 1. The quantitative estimate of drug-likeness (QED) is 0.714. The summed E-state index contributed by atoms with van der Waals surface area (Å²) in [6.45, 7) is 1.98. The lowest BCUT2D eigenvalue weighted by molar-refractivity contribution is 0.101. The first kappa shape index (κ1) is 14.5. The van der Waals surface area contributed by atoms with Crippen LogP contribution in [0, 0.1) is 6.92 Å². The maximum Gasteiger partial charge on any atom is 0.280 e. The van der Waals surface area contributed by atoms with Crippen molar-refractivity contribution in [1.29, 1.82) is 0 Å². The van der Waals surface area contributed by atoms with E-state index in [1.54, 1.807) is 24.3 Å². The minimum absolute atomic E-state index is 0.0528. The summed E-state index contributed by atoms with van der Waals surface area (Å²) >= 11 is 0. The number of nitrogens with one attached hydrogen (secondary N) is 1. The summed E-state index contributed by atoms with van der Waals surface area (Å²) in [6, 6.07) is 14.8. The Morgan fingerprint density at radius 2 is 1.79 bits per heavy atom. The number of aryl methyl sites for hydroxylation is 1. The monoisotopic (exact) mass is 312 g/mol. The highest BCUT2D eigenvalue weighted by Crippen LogP contribution is 2.37. The predicted molar refractivity (Wildman–Crippen MR) is 94.4 cm³/mol. The number of amides is 1. The SMILES string of the molecule is [B]c1ccc(C2=NC(=O)c3c(-c4cccc(C)c4)[nH]c(O)c32)cc1. The second-order valence-corrected chi connectivity index (χ2v) is 5.86. The van der Waals surface area contributed by atoms with E-state index in [0.29, 0.717) is 28.0 Å². The number of carbonyl (C=O) groups is 1. The molecule has 1 aliphatic rings. The Kier molecular flexibility index (Phi) is 3.16. The smallest absolute Gasteiger partial charge is 0.280 e. The Bertz CT molecular complexity index is 1000. The Morgan fingerprint density at radius 1 is 1.04 bits per heavy atom. The number of hydrogen-bond acceptors (Lipinski definition) is 2. The second kappa shape index (κ2) is 5.23. The third-order valence-corrected chi connectivity index (χ3v) is 4.14. The van der Waals surface area contributed by atoms with Crippen molar-refractivity contribution in [2.75, 3.05) is 0 Å². The number of benzene rings is 2. The lowest BCUT2D eigenvalue weighted by Gasteiger charge is -2.02. The summed E-state index contributed by atoms with van der Waals surface area (Å²) in [7, 11) is 5.71. The molecule has 4 nitrogen and oxygen atoms in total. The van der Waals surface area contributed by atoms with Gasteiger partial charge in [-0.2, -0.15) is 0 Å². The fourth-order valence-electron chi connectivity index (χ4n) is 3.01. The zero-order chi connectivity index (χ0) is 16.8. The lowest BCUT2D eigenvalue weighted by atomic mass is 9.93. The molecule has 24 heavy (non-hydrogen) atoms. The summed E-state index contributed by atoms with van der Waals surface area (Å²) in [6.07, 6.45) is 0. The zero-order valence-electron chi connectivity index (χ0n) is 13.0. The van der Waals surface area contributed by atoms with Gasteiger partial charge < -0.3 is 10.1 Å². The molecule has 2 heterocycles. The first-order valence-corrected chi connectivity index (χ1v) is 7.56. The van der Waals surface area contributed by atoms with Gasteiger partial charge in [0.15, 0.2) is 5.88 Å². The Hall–Kier alpha value is -3.08. The fourth-order valence-corrected chi connectivity index (χ4v) is 3.01. The molecule has 0 saturated carbocycles. The van der Waals surface area contributed by atoms with E-state index in [0.717, 1.165) is 16.7 Å². The van der Waals surface area contributed by atoms with Crippen LogP contribution in [0.3, 0.4) is 0 Å². The molecule has 0 bridgehead atoms. The molecule has 3 aromatic rings. The van der Waals surface area contributed by atoms with Crippen LogP contribution in [-0.2, 0) is 0 Å². The van der Waals surface area contributed by atoms with Gasteiger partial charge in [0.25, 0.3) is 5.91 Å². The van der Waals surface area contributed by atoms with E-state index in [2.05, 4.69) is 9.98 Å². The molecule has 0 atom stereocenters. The maximum absolute atomic E-state index is 12.5. The first-order valence-electron chi connectivity index (χ1n) is 7.56. The molecule has 4 rings (SSSR count). The average molecular weight is 312 g/mol. The molecule has 1 aliphatic heterocycles. The second-order valence-electron chi connectivity index (χ2n) is 5.86. The topological polar surface area (TPSA) is 65.5 Å². The number of hydrogen-bond donors (Lipinski definition) is 2. The van der Waals surface area contributed by atoms with Crippen LogP contribution in [0.2, 0.25) is 0 Å². The fraction of sp³-hybridized carbons (Fsp3) is 0.0526. The molecular weight excluding hydrogens is 299 g/mol. The normalized spacial score (nSPS) is 13.0. The van der Waals surface area contributed by atoms with Crippen molar-refractivity contribution in [2.45, 2.75) is 6.92 Å². The third kappa shape index (κ3) is 2.17. The van der Waals surface area contributed by atoms with Crippen molar-refractivity contribution in [2.24, 2.45) is 4.99 Å². The number of H-pyrrole nitrogens is 1. The first-order chi connectivity index (χ1) is 11.5. The van der Waals surface area contributed by atoms with Crippen molar-refractivity contribution >= 4 is 24.9 Å². The van der Waals surface area contributed by atoms with E-state index in [4.69, 9.17) is 7.85 Å². The van der Waals surface area contributed by atoms with Gasteiger partial charge in [0, 0.05) is 5.56 Å². The van der Waals surface area contributed by atoms with Gasteiger partial charge in [-0.05, 0) is 18.6 Å². The molecule has 1 amide bonds. The largest absolute Gasteiger partial charge is 0.494 e. The van der Waals surface area contributed by atoms with Gasteiger partial charge in [-0.1, -0.05) is 53.5 Å². The lowest BCUT2D eigenvalue weighted by Crippen LogP contribution is -2.05. The van der Waals surface area contributed by atoms with E-state index in [1.165, 1.54) is 0 Å². The molecule has 0 fully saturated rings. The number of fused-ring (bicyclic) bond motifs is 1. The van der Waals surface area contributed by atoms with Crippen LogP contribution >= 0.6 is 0 Å². The number of rotatable bonds is 2. The third-order valence-electron chi connectivity index (χ3n) is 4.14. The van der Waals surface area contributed by atoms with Gasteiger partial charge in [-0.25, -0.2) is 4.99 Å². The van der Waals surface area contributed by atoms with Gasteiger partial charge in [-0.3, -0.25) is 4.79 Å². The number of carbonyl (C=O) groups excluding carboxylic acids is 1. The Balaban J connectivity index is 1.89. The molecule has 0 unspecified atom stereocenters. The van der Waals surface area contributed by atoms with Crippen LogP contribution in [0.25, 0.3) is 11.3 Å². The van der Waals surface area contributed by atoms with Crippen molar-refractivity contribution in [3.8, 4) is 17.1 Å². The zero-order valence-corrected chi connectivity index (χ0v) is 13.0. The molecule has 1 aromatic heterocycles. The maximum atomic E-state index is 12.5. The summed E-state index contributed by atoms with van der Waals surface area (Å²) in [4.78, 5) is 19.5. The molecule has 0 spiro atoms. The van der Waals surface area contributed by atoms with Crippen LogP contribution < -0.4 is 5.46 Å². The average Bonchev–Trinajstić information content (AvgIpc) is 3.08. The predicted octanol–water partition coefficient (Wildman–Crippen LogP) is 2.48. The van der Waals surface area contributed by atoms with Crippen LogP contribution in [-0.4, -0.2) is 29.6 Å². The van der Waals surface area contributed by atoms with Crippen molar-refractivity contribution in [1.82, 2.24) is 4.98 Å². The number of nitrogens with zero attached hydrogens (tertiary/aromatic N) is 1. The molecule has 5 heteroatoms. The van der Waals surface area contributed by atoms with Crippen LogP contribution in [0.15, 0.2) is 53.5 Å². The number of aromatic amines is 1. The highest BCUT2D eigenvalue weighted by atomic mass is 16.3. The van der Waals surface area contributed by atoms with Crippen molar-refractivity contribution in [3.05, 3.63) is 70.8 Å². The molecule has 2 N–H and O–H groups in total. The van der Waals surface area contributed by atoms with Gasteiger partial charge >= 0.3 is 0 Å². The molecule has 0 saturated heterocycles. The molecule has 0 aliphatic carbocycles. The van der Waals surface area contributed by atoms with Gasteiger partial charge in [0.2, 0.25) is 0 Å². The van der Waals surface area contributed by atoms with E-state index in [1.807, 2.05) is 31.2 Å². The summed E-state index contributed by atoms with van der Waals surface area (Å²) in [5.41, 5.74) is 5.18. The molecule has 114 valence electrons. The highest BCUT2D eigenvalue weighted by Gasteiger charge is 2.33. The van der Waals surface area contributed by atoms with Crippen LogP contribution in [0.5, 0.6) is 5.88 Å². The van der Waals surface area contributed by atoms with E-state index >= 15 is 0 Å². The van der Waals surface area contributed by atoms with E-state index in [-0.39, 0.29) is 11.8 Å². The number of aromatic hydroxyl groups is 1. The van der Waals surface area contributed by atoms with Gasteiger partial charge in [0.1, 0.15) is 7.85 Å². The van der Waals surface area contributed by atoms with Crippen molar-refractivity contribution < 1.29 is 9.90 Å². The van der Waals surface area contributed by atoms with Gasteiger partial charge in [0.05, 0.1) is 22.5 Å². The summed E-state index contributed by atoms with van der Waals surface area (Å²) in [5.74, 6) is -0.409. The summed E-state index contributed by atoms with van der Waals surface area (Å²) in [5, 5.41) is 10.4. The molecular formula is C19H13BN2O2. The highest BCUT2D eigenvalue weighted by molar-refractivity contribution is 6.33. The number of aliphatic imine (C=N–C) groups is 1. The molecule has 2 radical (unpaired) electrons. The van der Waals surface area contributed by atoms with Crippen molar-refractivity contribution in [3.63, 3.8) is 0 Å². The van der Waals surface area contributed by atoms with E-state index < -0.39 is 0 Å². The van der Waals surface area contributed by atoms with Gasteiger partial charge in [-0.15, -0.1) is 0 Å². The Labute approximate surface area is 140 Å².